The molecule has 1 aromatic carbocycles. The molecule has 41 heavy (non-hydrogen) atoms. The van der Waals surface area contributed by atoms with Crippen LogP contribution in [0.2, 0.25) is 5.02 Å². The molecular formula is C29H31ClN4O7. The van der Waals surface area contributed by atoms with E-state index in [2.05, 4.69) is 10.6 Å². The first kappa shape index (κ1) is 27.5. The molecule has 1 amide bonds. The number of cyclic esters (lactones) is 1. The van der Waals surface area contributed by atoms with Crippen molar-refractivity contribution >= 4 is 34.4 Å². The smallest absolute Gasteiger partial charge is 0.343 e. The molecule has 5 heterocycles. The van der Waals surface area contributed by atoms with Gasteiger partial charge in [0, 0.05) is 34.7 Å². The van der Waals surface area contributed by atoms with Crippen molar-refractivity contribution in [3.8, 4) is 22.9 Å². The third-order valence-corrected chi connectivity index (χ3v) is 8.14. The average molecular weight is 583 g/mol. The molecule has 0 radical (unpaired) electrons. The van der Waals surface area contributed by atoms with Gasteiger partial charge in [-0.25, -0.2) is 9.78 Å². The van der Waals surface area contributed by atoms with Gasteiger partial charge < -0.3 is 34.5 Å². The Labute approximate surface area is 240 Å². The van der Waals surface area contributed by atoms with Crippen LogP contribution < -0.4 is 25.7 Å². The minimum absolute atomic E-state index is 0.0404. The van der Waals surface area contributed by atoms with Gasteiger partial charge in [-0.1, -0.05) is 18.5 Å². The number of nitrogens with zero attached hydrogens (tertiary/aromatic N) is 2. The first-order chi connectivity index (χ1) is 19.4. The third-order valence-electron chi connectivity index (χ3n) is 7.78. The molecule has 0 bridgehead atoms. The third kappa shape index (κ3) is 4.43. The van der Waals surface area contributed by atoms with Crippen molar-refractivity contribution in [2.45, 2.75) is 65.0 Å². The Kier molecular flexibility index (Phi) is 6.51. The number of hydrogen-bond acceptors (Lipinski definition) is 9. The number of fused-ring (bicyclic) bond motifs is 6. The fourth-order valence-electron chi connectivity index (χ4n) is 5.57. The summed E-state index contributed by atoms with van der Waals surface area (Å²) in [6.07, 6.45) is 0.0404. The van der Waals surface area contributed by atoms with E-state index in [0.29, 0.717) is 63.2 Å². The van der Waals surface area contributed by atoms with Crippen LogP contribution in [0.15, 0.2) is 16.9 Å². The van der Waals surface area contributed by atoms with E-state index in [1.165, 1.54) is 0 Å². The van der Waals surface area contributed by atoms with Crippen LogP contribution >= 0.6 is 11.6 Å². The fourth-order valence-corrected chi connectivity index (χ4v) is 5.93. The molecule has 0 saturated carbocycles. The molecule has 3 aliphatic rings. The summed E-state index contributed by atoms with van der Waals surface area (Å²) in [6, 6.07) is 3.39. The normalized spacial score (nSPS) is 18.9. The van der Waals surface area contributed by atoms with E-state index in [1.807, 2.05) is 20.8 Å². The molecule has 216 valence electrons. The van der Waals surface area contributed by atoms with E-state index in [4.69, 9.17) is 30.8 Å². The predicted molar refractivity (Wildman–Crippen MR) is 150 cm³/mol. The van der Waals surface area contributed by atoms with Crippen molar-refractivity contribution in [2.75, 3.05) is 19.8 Å². The van der Waals surface area contributed by atoms with Crippen molar-refractivity contribution in [1.82, 2.24) is 20.2 Å². The van der Waals surface area contributed by atoms with Crippen molar-refractivity contribution in [1.29, 1.82) is 0 Å². The Morgan fingerprint density at radius 1 is 1.17 bits per heavy atom. The number of aromatic nitrogens is 2. The molecule has 0 fully saturated rings. The average Bonchev–Trinajstić information content (AvgIpc) is 3.31. The number of aliphatic hydroxyl groups is 1. The lowest BCUT2D eigenvalue weighted by atomic mass is 9.86. The lowest BCUT2D eigenvalue weighted by molar-refractivity contribution is -0.172. The number of esters is 1. The molecule has 1 atom stereocenters. The highest BCUT2D eigenvalue weighted by molar-refractivity contribution is 6.37. The van der Waals surface area contributed by atoms with Crippen LogP contribution in [0.1, 0.15) is 56.4 Å². The zero-order chi connectivity index (χ0) is 29.3. The second-order valence-corrected chi connectivity index (χ2v) is 11.9. The SMILES string of the molecule is CC[C@@]1(O)C(=O)OCc2c1cc1n(c2=O)Cc2c-1nc1cc3c(c(Cl)c1c2CNC(=O)CNC(C)(C)C)OCCO3. The number of carbonyl (C=O) groups excluding carboxylic acids is 2. The predicted octanol–water partition coefficient (Wildman–Crippen LogP) is 2.51. The number of hydrogen-bond donors (Lipinski definition) is 3. The van der Waals surface area contributed by atoms with Crippen molar-refractivity contribution < 1.29 is 28.9 Å². The maximum absolute atomic E-state index is 13.7. The largest absolute Gasteiger partial charge is 0.486 e. The molecule has 12 heteroatoms. The van der Waals surface area contributed by atoms with Crippen LogP contribution in [0.4, 0.5) is 0 Å². The van der Waals surface area contributed by atoms with Crippen molar-refractivity contribution in [3.63, 3.8) is 0 Å². The number of pyridine rings is 2. The molecule has 0 saturated heterocycles. The van der Waals surface area contributed by atoms with Gasteiger partial charge in [0.05, 0.1) is 40.6 Å². The second-order valence-electron chi connectivity index (χ2n) is 11.5. The summed E-state index contributed by atoms with van der Waals surface area (Å²) in [6.45, 7) is 8.45. The van der Waals surface area contributed by atoms with Crippen LogP contribution in [0, 0.1) is 0 Å². The fraction of sp³-hybridized carbons (Fsp3) is 0.448. The van der Waals surface area contributed by atoms with E-state index < -0.39 is 11.6 Å². The Morgan fingerprint density at radius 2 is 1.93 bits per heavy atom. The van der Waals surface area contributed by atoms with Gasteiger partial charge in [0.2, 0.25) is 5.91 Å². The Morgan fingerprint density at radius 3 is 2.66 bits per heavy atom. The van der Waals surface area contributed by atoms with Gasteiger partial charge in [0.1, 0.15) is 19.8 Å². The van der Waals surface area contributed by atoms with Gasteiger partial charge in [0.25, 0.3) is 5.56 Å². The number of rotatable bonds is 5. The van der Waals surface area contributed by atoms with Gasteiger partial charge in [0.15, 0.2) is 17.1 Å². The highest BCUT2D eigenvalue weighted by Gasteiger charge is 2.45. The Balaban J connectivity index is 1.53. The first-order valence-electron chi connectivity index (χ1n) is 13.6. The van der Waals surface area contributed by atoms with Gasteiger partial charge in [-0.3, -0.25) is 9.59 Å². The molecule has 3 aromatic rings. The van der Waals surface area contributed by atoms with Gasteiger partial charge in [-0.05, 0) is 38.8 Å². The van der Waals surface area contributed by atoms with Crippen LogP contribution in [-0.4, -0.2) is 51.8 Å². The van der Waals surface area contributed by atoms with Crippen LogP contribution in [0.25, 0.3) is 22.3 Å². The zero-order valence-corrected chi connectivity index (χ0v) is 24.0. The summed E-state index contributed by atoms with van der Waals surface area (Å²) in [5.74, 6) is -0.140. The monoisotopic (exact) mass is 582 g/mol. The van der Waals surface area contributed by atoms with Crippen LogP contribution in [0.5, 0.6) is 11.5 Å². The van der Waals surface area contributed by atoms with Crippen LogP contribution in [-0.2, 0) is 39.6 Å². The van der Waals surface area contributed by atoms with Gasteiger partial charge in [-0.15, -0.1) is 0 Å². The first-order valence-corrected chi connectivity index (χ1v) is 13.9. The van der Waals surface area contributed by atoms with E-state index in [1.54, 1.807) is 23.6 Å². The Bertz CT molecular complexity index is 1690. The summed E-state index contributed by atoms with van der Waals surface area (Å²) in [7, 11) is 0. The van der Waals surface area contributed by atoms with Crippen molar-refractivity contribution in [3.05, 3.63) is 49.8 Å². The number of halogens is 1. The van der Waals surface area contributed by atoms with Gasteiger partial charge in [-0.2, -0.15) is 0 Å². The van der Waals surface area contributed by atoms with Crippen LogP contribution in [0.3, 0.4) is 0 Å². The summed E-state index contributed by atoms with van der Waals surface area (Å²) in [4.78, 5) is 44.0. The maximum Gasteiger partial charge on any atom is 0.343 e. The number of nitrogens with one attached hydrogen (secondary N) is 2. The minimum atomic E-state index is -1.94. The summed E-state index contributed by atoms with van der Waals surface area (Å²) in [5, 5.41) is 18.3. The highest BCUT2D eigenvalue weighted by Crippen LogP contribution is 2.47. The molecule has 2 aromatic heterocycles. The molecule has 0 spiro atoms. The molecule has 11 nitrogen and oxygen atoms in total. The number of amides is 1. The lowest BCUT2D eigenvalue weighted by Gasteiger charge is -2.31. The maximum atomic E-state index is 13.7. The zero-order valence-electron chi connectivity index (χ0n) is 23.3. The number of ether oxygens (including phenoxy) is 3. The Hall–Kier alpha value is -3.67. The van der Waals surface area contributed by atoms with E-state index in [0.717, 1.165) is 0 Å². The molecule has 3 N–H and O–H groups in total. The molecule has 0 aliphatic carbocycles. The molecule has 0 unspecified atom stereocenters. The van der Waals surface area contributed by atoms with E-state index in [9.17, 15) is 19.5 Å². The summed E-state index contributed by atoms with van der Waals surface area (Å²) in [5.41, 5.74) is 0.752. The van der Waals surface area contributed by atoms with E-state index in [-0.39, 0.29) is 60.8 Å². The highest BCUT2D eigenvalue weighted by atomic mass is 35.5. The molecule has 3 aliphatic heterocycles. The van der Waals surface area contributed by atoms with Gasteiger partial charge >= 0.3 is 5.97 Å². The number of carbonyl (C=O) groups is 2. The van der Waals surface area contributed by atoms with Crippen molar-refractivity contribution in [2.24, 2.45) is 0 Å². The second kappa shape index (κ2) is 9.71. The summed E-state index contributed by atoms with van der Waals surface area (Å²) >= 11 is 6.90. The topological polar surface area (TPSA) is 141 Å². The standard InChI is InChI=1S/C29H31ClN4O7/c1-5-29(38)17-8-19-24-15(12-34(19)26(36)16(17)13-41-27(29)37)14(10-31-21(35)11-32-28(2,3)4)22-18(33-24)9-20-25(23(22)30)40-7-6-39-20/h8-9,32,38H,5-7,10-13H2,1-4H3,(H,31,35)/t29-/m0/s1. The lowest BCUT2D eigenvalue weighted by Crippen LogP contribution is -2.44. The van der Waals surface area contributed by atoms with E-state index >= 15 is 0 Å². The molecule has 6 rings (SSSR count). The number of benzene rings is 1. The quantitative estimate of drug-likeness (QED) is 0.303. The molecular weight excluding hydrogens is 552 g/mol. The summed E-state index contributed by atoms with van der Waals surface area (Å²) < 4.78 is 18.3. The minimum Gasteiger partial charge on any atom is -0.486 e.